The van der Waals surface area contributed by atoms with E-state index in [9.17, 15) is 15.3 Å². The molecule has 0 bridgehead atoms. The predicted molar refractivity (Wildman–Crippen MR) is 131 cm³/mol. The number of nitrogens with one attached hydrogen (secondary N) is 1. The Kier molecular flexibility index (Phi) is 8.86. The van der Waals surface area contributed by atoms with Crippen LogP contribution in [0.25, 0.3) is 11.2 Å². The van der Waals surface area contributed by atoms with E-state index >= 15 is 0 Å². The minimum absolute atomic E-state index is 0.397. The van der Waals surface area contributed by atoms with E-state index in [2.05, 4.69) is 27.2 Å². The highest BCUT2D eigenvalue weighted by atomic mass is 16.6. The molecule has 1 unspecified atom stereocenters. The summed E-state index contributed by atoms with van der Waals surface area (Å²) >= 11 is 0. The third kappa shape index (κ3) is 6.07. The molecule has 0 amide bonds. The largest absolute Gasteiger partial charge is 0.494 e. The Bertz CT molecular complexity index is 1060. The molecule has 4 N–H and O–H groups in total. The van der Waals surface area contributed by atoms with Crippen LogP contribution in [0.1, 0.15) is 57.2 Å². The molecule has 10 nitrogen and oxygen atoms in total. The Balaban J connectivity index is 1.32. The Hall–Kier alpha value is -2.79. The molecule has 2 aromatic heterocycles. The number of nitrogens with zero attached hydrogens (tertiary/aromatic N) is 4. The van der Waals surface area contributed by atoms with E-state index in [0.717, 1.165) is 24.3 Å². The van der Waals surface area contributed by atoms with Gasteiger partial charge in [-0.05, 0) is 24.1 Å². The van der Waals surface area contributed by atoms with E-state index in [0.29, 0.717) is 23.5 Å². The van der Waals surface area contributed by atoms with Crippen molar-refractivity contribution in [1.29, 1.82) is 0 Å². The second-order valence-electron chi connectivity index (χ2n) is 8.89. The van der Waals surface area contributed by atoms with Crippen molar-refractivity contribution in [3.63, 3.8) is 0 Å². The smallest absolute Gasteiger partial charge is 0.167 e. The highest BCUT2D eigenvalue weighted by molar-refractivity contribution is 5.82. The fourth-order valence-electron chi connectivity index (χ4n) is 4.24. The van der Waals surface area contributed by atoms with E-state index < -0.39 is 31.1 Å². The van der Waals surface area contributed by atoms with Crippen LogP contribution < -0.4 is 10.1 Å². The van der Waals surface area contributed by atoms with Gasteiger partial charge in [0.1, 0.15) is 30.4 Å². The van der Waals surface area contributed by atoms with Crippen molar-refractivity contribution in [1.82, 2.24) is 19.5 Å². The topological polar surface area (TPSA) is 135 Å². The van der Waals surface area contributed by atoms with Crippen molar-refractivity contribution in [3.8, 4) is 5.75 Å². The van der Waals surface area contributed by atoms with Crippen LogP contribution >= 0.6 is 0 Å². The number of rotatable bonds is 13. The molecule has 0 radical (unpaired) electrons. The number of aromatic nitrogens is 4. The number of hydrogen-bond acceptors (Lipinski definition) is 9. The number of imidazole rings is 1. The number of benzene rings is 1. The van der Waals surface area contributed by atoms with Gasteiger partial charge in [-0.2, -0.15) is 0 Å². The number of aliphatic hydroxyl groups is 3. The number of fused-ring (bicyclic) bond motifs is 1. The summed E-state index contributed by atoms with van der Waals surface area (Å²) < 4.78 is 13.0. The van der Waals surface area contributed by atoms with Crippen LogP contribution in [0.2, 0.25) is 0 Å². The molecule has 3 aromatic rings. The predicted octanol–water partition coefficient (Wildman–Crippen LogP) is 2.79. The fourth-order valence-corrected chi connectivity index (χ4v) is 4.24. The Morgan fingerprint density at radius 1 is 1.00 bits per heavy atom. The van der Waals surface area contributed by atoms with Crippen molar-refractivity contribution >= 4 is 17.0 Å². The quantitative estimate of drug-likeness (QED) is 0.270. The number of unbranched alkanes of at least 4 members (excludes halogenated alkanes) is 5. The van der Waals surface area contributed by atoms with Gasteiger partial charge < -0.3 is 30.1 Å². The summed E-state index contributed by atoms with van der Waals surface area (Å²) in [5.74, 6) is 1.41. The first-order valence-electron chi connectivity index (χ1n) is 12.4. The van der Waals surface area contributed by atoms with Gasteiger partial charge in [0, 0.05) is 6.54 Å². The van der Waals surface area contributed by atoms with Crippen LogP contribution in [0.5, 0.6) is 5.75 Å². The second-order valence-corrected chi connectivity index (χ2v) is 8.89. The van der Waals surface area contributed by atoms with Crippen LogP contribution in [0.4, 0.5) is 5.82 Å². The zero-order valence-electron chi connectivity index (χ0n) is 20.1. The highest BCUT2D eigenvalue weighted by Crippen LogP contribution is 2.32. The highest BCUT2D eigenvalue weighted by Gasteiger charge is 2.44. The third-order valence-corrected chi connectivity index (χ3v) is 6.30. The summed E-state index contributed by atoms with van der Waals surface area (Å²) in [6.45, 7) is 3.10. The molecule has 35 heavy (non-hydrogen) atoms. The molecule has 4 atom stereocenters. The molecule has 190 valence electrons. The SMILES string of the molecule is CCCCCCCCOc1ccc(CNc2ncnc3c2ncn3C2O[C@H](CO)[C@@H](O)[C@H]2O)cc1. The van der Waals surface area contributed by atoms with Gasteiger partial charge in [-0.25, -0.2) is 15.0 Å². The number of anilines is 1. The summed E-state index contributed by atoms with van der Waals surface area (Å²) in [5, 5.41) is 33.0. The summed E-state index contributed by atoms with van der Waals surface area (Å²) in [5.41, 5.74) is 2.03. The van der Waals surface area contributed by atoms with Gasteiger partial charge in [-0.3, -0.25) is 4.57 Å². The van der Waals surface area contributed by atoms with Crippen LogP contribution in [-0.2, 0) is 11.3 Å². The molecule has 1 saturated heterocycles. The van der Waals surface area contributed by atoms with E-state index in [-0.39, 0.29) is 0 Å². The maximum atomic E-state index is 10.3. The maximum absolute atomic E-state index is 10.3. The van der Waals surface area contributed by atoms with E-state index in [1.807, 2.05) is 24.3 Å². The molecule has 4 rings (SSSR count). The molecule has 0 spiro atoms. The summed E-state index contributed by atoms with van der Waals surface area (Å²) in [6.07, 6.45) is 6.15. The lowest BCUT2D eigenvalue weighted by atomic mass is 10.1. The minimum atomic E-state index is -1.21. The van der Waals surface area contributed by atoms with Crippen molar-refractivity contribution in [2.75, 3.05) is 18.5 Å². The molecule has 1 aliphatic rings. The molecule has 10 heteroatoms. The zero-order chi connectivity index (χ0) is 24.6. The zero-order valence-corrected chi connectivity index (χ0v) is 20.1. The Morgan fingerprint density at radius 3 is 2.51 bits per heavy atom. The first-order chi connectivity index (χ1) is 17.1. The van der Waals surface area contributed by atoms with Gasteiger partial charge in [-0.1, -0.05) is 51.2 Å². The van der Waals surface area contributed by atoms with E-state index in [4.69, 9.17) is 9.47 Å². The van der Waals surface area contributed by atoms with Gasteiger partial charge >= 0.3 is 0 Å². The van der Waals surface area contributed by atoms with Gasteiger partial charge in [0.05, 0.1) is 19.5 Å². The van der Waals surface area contributed by atoms with Gasteiger partial charge in [0.25, 0.3) is 0 Å². The minimum Gasteiger partial charge on any atom is -0.494 e. The lowest BCUT2D eigenvalue weighted by Gasteiger charge is -2.16. The van der Waals surface area contributed by atoms with Crippen molar-refractivity contribution in [2.45, 2.75) is 76.5 Å². The Labute approximate surface area is 205 Å². The summed E-state index contributed by atoms with van der Waals surface area (Å²) in [6, 6.07) is 7.97. The van der Waals surface area contributed by atoms with E-state index in [1.54, 1.807) is 4.57 Å². The molecule has 1 aromatic carbocycles. The number of aliphatic hydroxyl groups excluding tert-OH is 3. The average molecular weight is 486 g/mol. The Morgan fingerprint density at radius 2 is 1.77 bits per heavy atom. The van der Waals surface area contributed by atoms with Crippen molar-refractivity contribution < 1.29 is 24.8 Å². The first-order valence-corrected chi connectivity index (χ1v) is 12.4. The molecule has 0 aliphatic carbocycles. The summed E-state index contributed by atoms with van der Waals surface area (Å²) in [7, 11) is 0. The van der Waals surface area contributed by atoms with Crippen LogP contribution in [0, 0.1) is 0 Å². The van der Waals surface area contributed by atoms with Gasteiger partial charge in [0.2, 0.25) is 0 Å². The lowest BCUT2D eigenvalue weighted by Crippen LogP contribution is -2.33. The lowest BCUT2D eigenvalue weighted by molar-refractivity contribution is -0.0511. The second kappa shape index (κ2) is 12.3. The first kappa shape index (κ1) is 25.3. The van der Waals surface area contributed by atoms with Crippen molar-refractivity contribution in [2.24, 2.45) is 0 Å². The van der Waals surface area contributed by atoms with Crippen LogP contribution in [0.3, 0.4) is 0 Å². The molecular formula is C25H35N5O5. The summed E-state index contributed by atoms with van der Waals surface area (Å²) in [4.78, 5) is 13.0. The fraction of sp³-hybridized carbons (Fsp3) is 0.560. The third-order valence-electron chi connectivity index (χ3n) is 6.30. The molecule has 3 heterocycles. The van der Waals surface area contributed by atoms with E-state index in [1.165, 1.54) is 44.8 Å². The van der Waals surface area contributed by atoms with Gasteiger partial charge in [-0.15, -0.1) is 0 Å². The van der Waals surface area contributed by atoms with Crippen molar-refractivity contribution in [3.05, 3.63) is 42.5 Å². The monoisotopic (exact) mass is 485 g/mol. The normalized spacial score (nSPS) is 22.1. The number of hydrogen-bond donors (Lipinski definition) is 4. The van der Waals surface area contributed by atoms with Crippen LogP contribution in [-0.4, -0.2) is 66.4 Å². The molecule has 1 aliphatic heterocycles. The molecular weight excluding hydrogens is 450 g/mol. The molecule has 0 saturated carbocycles. The maximum Gasteiger partial charge on any atom is 0.167 e. The standard InChI is InChI=1S/C25H35N5O5/c1-2-3-4-5-6-7-12-34-18-10-8-17(9-11-18)13-26-23-20-24(28-15-27-23)30(16-29-20)25-22(33)21(32)19(14-31)35-25/h8-11,15-16,19,21-22,25,31-33H,2-7,12-14H2,1H3,(H,26,27,28)/t19-,21-,22-,25?/m1/s1. The number of ether oxygens (including phenoxy) is 2. The molecule has 1 fully saturated rings. The average Bonchev–Trinajstić information content (AvgIpc) is 3.43. The van der Waals surface area contributed by atoms with Crippen LogP contribution in [0.15, 0.2) is 36.9 Å². The van der Waals surface area contributed by atoms with Gasteiger partial charge in [0.15, 0.2) is 23.2 Å².